The summed E-state index contributed by atoms with van der Waals surface area (Å²) in [6.45, 7) is 4.24. The highest BCUT2D eigenvalue weighted by molar-refractivity contribution is 7.07. The summed E-state index contributed by atoms with van der Waals surface area (Å²) in [5, 5.41) is 15.4. The highest BCUT2D eigenvalue weighted by atomic mass is 32.1. The summed E-state index contributed by atoms with van der Waals surface area (Å²) in [5.41, 5.74) is 4.49. The minimum atomic E-state index is 0.262. The summed E-state index contributed by atoms with van der Waals surface area (Å²) >= 11 is 1.71. The maximum atomic E-state index is 5.24. The second-order valence-corrected chi connectivity index (χ2v) is 5.48. The third kappa shape index (κ3) is 2.58. The molecule has 0 bridgehead atoms. The van der Waals surface area contributed by atoms with Crippen molar-refractivity contribution in [2.24, 2.45) is 0 Å². The van der Waals surface area contributed by atoms with Gasteiger partial charge >= 0.3 is 0 Å². The Kier molecular flexibility index (Phi) is 3.52. The van der Waals surface area contributed by atoms with Gasteiger partial charge in [-0.1, -0.05) is 6.07 Å². The first-order valence-electron chi connectivity index (χ1n) is 6.40. The Balaban J connectivity index is 1.87. The van der Waals surface area contributed by atoms with Crippen molar-refractivity contribution in [2.45, 2.75) is 19.9 Å². The molecular formula is C15H15N3OS. The standard InChI is InChI=1S/C15H15N3OS/c1-10-3-4-12(15-18-16-9-19-15)7-14(10)17-11(2)13-5-6-20-8-13/h3-9,11,17H,1-2H3. The molecule has 2 heterocycles. The summed E-state index contributed by atoms with van der Waals surface area (Å²) < 4.78 is 5.24. The lowest BCUT2D eigenvalue weighted by Crippen LogP contribution is -2.06. The molecule has 0 spiro atoms. The van der Waals surface area contributed by atoms with Gasteiger partial charge in [-0.05, 0) is 53.9 Å². The van der Waals surface area contributed by atoms with Crippen LogP contribution in [-0.4, -0.2) is 10.2 Å². The van der Waals surface area contributed by atoms with Gasteiger partial charge in [0.1, 0.15) is 0 Å². The van der Waals surface area contributed by atoms with Gasteiger partial charge in [0.2, 0.25) is 12.3 Å². The normalized spacial score (nSPS) is 12.3. The number of aromatic nitrogens is 2. The quantitative estimate of drug-likeness (QED) is 0.777. The number of hydrogen-bond acceptors (Lipinski definition) is 5. The highest BCUT2D eigenvalue weighted by Crippen LogP contribution is 2.27. The van der Waals surface area contributed by atoms with Gasteiger partial charge in [-0.2, -0.15) is 11.3 Å². The molecule has 0 radical (unpaired) electrons. The van der Waals surface area contributed by atoms with Gasteiger partial charge in [-0.15, -0.1) is 10.2 Å². The lowest BCUT2D eigenvalue weighted by atomic mass is 10.1. The van der Waals surface area contributed by atoms with E-state index in [1.165, 1.54) is 17.5 Å². The predicted molar refractivity (Wildman–Crippen MR) is 80.8 cm³/mol. The van der Waals surface area contributed by atoms with Crippen LogP contribution >= 0.6 is 11.3 Å². The van der Waals surface area contributed by atoms with Crippen LogP contribution in [0.5, 0.6) is 0 Å². The van der Waals surface area contributed by atoms with Crippen LogP contribution in [-0.2, 0) is 0 Å². The maximum Gasteiger partial charge on any atom is 0.247 e. The van der Waals surface area contributed by atoms with Crippen LogP contribution < -0.4 is 5.32 Å². The highest BCUT2D eigenvalue weighted by Gasteiger charge is 2.10. The fourth-order valence-corrected chi connectivity index (χ4v) is 2.80. The van der Waals surface area contributed by atoms with Gasteiger partial charge in [-0.3, -0.25) is 0 Å². The molecule has 5 heteroatoms. The number of nitrogens with zero attached hydrogens (tertiary/aromatic N) is 2. The zero-order valence-corrected chi connectivity index (χ0v) is 12.1. The monoisotopic (exact) mass is 285 g/mol. The first kappa shape index (κ1) is 12.9. The molecule has 4 nitrogen and oxygen atoms in total. The fourth-order valence-electron chi connectivity index (χ4n) is 2.05. The van der Waals surface area contributed by atoms with E-state index in [9.17, 15) is 0 Å². The third-order valence-corrected chi connectivity index (χ3v) is 3.96. The van der Waals surface area contributed by atoms with Gasteiger partial charge < -0.3 is 9.73 Å². The lowest BCUT2D eigenvalue weighted by Gasteiger charge is -2.16. The number of hydrogen-bond donors (Lipinski definition) is 1. The van der Waals surface area contributed by atoms with Crippen LogP contribution in [0.3, 0.4) is 0 Å². The Morgan fingerprint density at radius 2 is 2.20 bits per heavy atom. The van der Waals surface area contributed by atoms with E-state index in [4.69, 9.17) is 4.42 Å². The van der Waals surface area contributed by atoms with Crippen molar-refractivity contribution in [3.05, 3.63) is 52.5 Å². The lowest BCUT2D eigenvalue weighted by molar-refractivity contribution is 0.568. The zero-order valence-electron chi connectivity index (χ0n) is 11.3. The van der Waals surface area contributed by atoms with E-state index < -0.39 is 0 Å². The zero-order chi connectivity index (χ0) is 13.9. The molecule has 0 saturated carbocycles. The van der Waals surface area contributed by atoms with E-state index in [2.05, 4.69) is 52.3 Å². The first-order valence-corrected chi connectivity index (χ1v) is 7.34. The number of nitrogens with one attached hydrogen (secondary N) is 1. The number of thiophene rings is 1. The number of aryl methyl sites for hydroxylation is 1. The molecule has 1 atom stereocenters. The van der Waals surface area contributed by atoms with Crippen LogP contribution in [0.15, 0.2) is 45.8 Å². The molecule has 1 N–H and O–H groups in total. The Morgan fingerprint density at radius 3 is 2.90 bits per heavy atom. The van der Waals surface area contributed by atoms with E-state index in [1.807, 2.05) is 12.1 Å². The minimum Gasteiger partial charge on any atom is -0.423 e. The van der Waals surface area contributed by atoms with Gasteiger partial charge in [0.05, 0.1) is 0 Å². The third-order valence-electron chi connectivity index (χ3n) is 3.26. The second-order valence-electron chi connectivity index (χ2n) is 4.70. The molecule has 3 aromatic rings. The van der Waals surface area contributed by atoms with E-state index in [-0.39, 0.29) is 6.04 Å². The summed E-state index contributed by atoms with van der Waals surface area (Å²) in [5.74, 6) is 0.538. The van der Waals surface area contributed by atoms with Gasteiger partial charge in [0.25, 0.3) is 0 Å². The summed E-state index contributed by atoms with van der Waals surface area (Å²) in [6.07, 6.45) is 1.34. The van der Waals surface area contributed by atoms with Crippen molar-refractivity contribution in [1.29, 1.82) is 0 Å². The Labute approximate surface area is 121 Å². The van der Waals surface area contributed by atoms with Crippen LogP contribution in [0.25, 0.3) is 11.5 Å². The van der Waals surface area contributed by atoms with Crippen molar-refractivity contribution in [3.63, 3.8) is 0 Å². The van der Waals surface area contributed by atoms with Crippen LogP contribution in [0.2, 0.25) is 0 Å². The number of benzene rings is 1. The SMILES string of the molecule is Cc1ccc(-c2nnco2)cc1NC(C)c1ccsc1. The molecule has 0 aliphatic heterocycles. The smallest absolute Gasteiger partial charge is 0.247 e. The molecule has 102 valence electrons. The van der Waals surface area contributed by atoms with Gasteiger partial charge in [-0.25, -0.2) is 0 Å². The molecule has 0 aliphatic carbocycles. The molecule has 0 saturated heterocycles. The number of rotatable bonds is 4. The largest absolute Gasteiger partial charge is 0.423 e. The van der Waals surface area contributed by atoms with E-state index >= 15 is 0 Å². The topological polar surface area (TPSA) is 51.0 Å². The van der Waals surface area contributed by atoms with Crippen molar-refractivity contribution in [1.82, 2.24) is 10.2 Å². The number of anilines is 1. The maximum absolute atomic E-state index is 5.24. The van der Waals surface area contributed by atoms with Crippen LogP contribution in [0.1, 0.15) is 24.1 Å². The van der Waals surface area contributed by atoms with E-state index in [1.54, 1.807) is 11.3 Å². The average molecular weight is 285 g/mol. The van der Waals surface area contributed by atoms with Crippen molar-refractivity contribution >= 4 is 17.0 Å². The first-order chi connectivity index (χ1) is 9.74. The molecule has 0 fully saturated rings. The summed E-state index contributed by atoms with van der Waals surface area (Å²) in [6, 6.07) is 8.49. The average Bonchev–Trinajstić information content (AvgIpc) is 3.14. The second kappa shape index (κ2) is 5.46. The van der Waals surface area contributed by atoms with Gasteiger partial charge in [0.15, 0.2) is 0 Å². The van der Waals surface area contributed by atoms with Crippen molar-refractivity contribution in [3.8, 4) is 11.5 Å². The Morgan fingerprint density at radius 1 is 1.30 bits per heavy atom. The van der Waals surface area contributed by atoms with Crippen molar-refractivity contribution < 1.29 is 4.42 Å². The van der Waals surface area contributed by atoms with Crippen LogP contribution in [0, 0.1) is 6.92 Å². The van der Waals surface area contributed by atoms with Crippen molar-refractivity contribution in [2.75, 3.05) is 5.32 Å². The molecule has 2 aromatic heterocycles. The van der Waals surface area contributed by atoms with Crippen LogP contribution in [0.4, 0.5) is 5.69 Å². The van der Waals surface area contributed by atoms with E-state index in [0.29, 0.717) is 5.89 Å². The molecular weight excluding hydrogens is 270 g/mol. The molecule has 0 aliphatic rings. The molecule has 0 amide bonds. The minimum absolute atomic E-state index is 0.262. The molecule has 1 unspecified atom stereocenters. The molecule has 20 heavy (non-hydrogen) atoms. The summed E-state index contributed by atoms with van der Waals surface area (Å²) in [4.78, 5) is 0. The predicted octanol–water partition coefficient (Wildman–Crippen LogP) is 4.28. The Bertz CT molecular complexity index is 677. The van der Waals surface area contributed by atoms with Gasteiger partial charge in [0, 0.05) is 17.3 Å². The molecule has 1 aromatic carbocycles. The summed E-state index contributed by atoms with van der Waals surface area (Å²) in [7, 11) is 0. The molecule has 3 rings (SSSR count). The Hall–Kier alpha value is -2.14. The van der Waals surface area contributed by atoms with E-state index in [0.717, 1.165) is 11.3 Å². The fraction of sp³-hybridized carbons (Fsp3) is 0.200.